The number of piperidine rings is 1. The van der Waals surface area contributed by atoms with Crippen molar-refractivity contribution in [2.45, 2.75) is 70.3 Å². The molecular formula is C28H43ClFN3O2. The number of likely N-dealkylation sites (tertiary alicyclic amines) is 1. The molecule has 1 heterocycles. The highest BCUT2D eigenvalue weighted by Gasteiger charge is 2.29. The third-order valence-electron chi connectivity index (χ3n) is 7.45. The van der Waals surface area contributed by atoms with Gasteiger partial charge < -0.3 is 20.3 Å². The summed E-state index contributed by atoms with van der Waals surface area (Å²) in [7, 11) is 3.63. The van der Waals surface area contributed by atoms with E-state index >= 15 is 4.39 Å². The Morgan fingerprint density at radius 3 is 2.80 bits per heavy atom. The molecule has 2 atom stereocenters. The van der Waals surface area contributed by atoms with E-state index in [0.29, 0.717) is 24.6 Å². The normalized spacial score (nSPS) is 20.6. The topological polar surface area (TPSA) is 53.6 Å². The molecule has 1 aliphatic heterocycles. The fraction of sp³-hybridized carbons (Fsp3) is 0.679. The predicted octanol–water partition coefficient (Wildman–Crippen LogP) is 6.27. The summed E-state index contributed by atoms with van der Waals surface area (Å²) in [6.07, 6.45) is 13.1. The first-order valence-electron chi connectivity index (χ1n) is 13.4. The summed E-state index contributed by atoms with van der Waals surface area (Å²) in [5.41, 5.74) is 1.50. The van der Waals surface area contributed by atoms with Crippen LogP contribution in [0.3, 0.4) is 0 Å². The second kappa shape index (κ2) is 14.8. The zero-order valence-electron chi connectivity index (χ0n) is 21.5. The maximum atomic E-state index is 15.0. The number of nitrogens with one attached hydrogen (secondary N) is 2. The van der Waals surface area contributed by atoms with E-state index in [9.17, 15) is 4.79 Å². The van der Waals surface area contributed by atoms with E-state index in [1.54, 1.807) is 25.3 Å². The largest absolute Gasteiger partial charge is 0.385 e. The van der Waals surface area contributed by atoms with E-state index < -0.39 is 0 Å². The van der Waals surface area contributed by atoms with E-state index in [0.717, 1.165) is 50.8 Å². The molecular weight excluding hydrogens is 465 g/mol. The summed E-state index contributed by atoms with van der Waals surface area (Å²) >= 11 is 6.12. The van der Waals surface area contributed by atoms with Gasteiger partial charge in [0.25, 0.3) is 0 Å². The second-order valence-corrected chi connectivity index (χ2v) is 10.5. The highest BCUT2D eigenvalue weighted by atomic mass is 35.5. The molecule has 5 nitrogen and oxygen atoms in total. The molecule has 2 unspecified atom stereocenters. The number of unbranched alkanes of at least 4 members (excludes halogenated alkanes) is 1. The Kier molecular flexibility index (Phi) is 11.8. The van der Waals surface area contributed by atoms with E-state index in [2.05, 4.69) is 16.7 Å². The summed E-state index contributed by atoms with van der Waals surface area (Å²) in [6.45, 7) is 2.75. The number of methoxy groups -OCH3 is 1. The molecule has 1 saturated heterocycles. The van der Waals surface area contributed by atoms with Crippen LogP contribution in [0.1, 0.15) is 69.8 Å². The van der Waals surface area contributed by atoms with Crippen molar-refractivity contribution >= 4 is 23.2 Å². The van der Waals surface area contributed by atoms with Gasteiger partial charge in [0, 0.05) is 50.9 Å². The highest BCUT2D eigenvalue weighted by molar-refractivity contribution is 6.30. The van der Waals surface area contributed by atoms with Crippen molar-refractivity contribution in [3.8, 4) is 0 Å². The van der Waals surface area contributed by atoms with E-state index in [1.165, 1.54) is 32.1 Å². The number of hydrogen-bond acceptors (Lipinski definition) is 3. The molecule has 0 bridgehead atoms. The lowest BCUT2D eigenvalue weighted by molar-refractivity contribution is 0.169. The first kappa shape index (κ1) is 27.9. The number of benzene rings is 1. The number of carbonyl (C=O) groups is 1. The SMILES string of the molecule is CNCC(CC1CCCCC1)NC(=O)N1CCCC(C(=CCCCOC)c2cccc(Cl)c2F)C1. The van der Waals surface area contributed by atoms with Crippen LogP contribution in [0.25, 0.3) is 5.57 Å². The number of ether oxygens (including phenoxy) is 1. The molecule has 3 rings (SSSR count). The van der Waals surface area contributed by atoms with Crippen LogP contribution in [0.15, 0.2) is 24.3 Å². The molecule has 0 aromatic heterocycles. The van der Waals surface area contributed by atoms with Gasteiger partial charge in [0.1, 0.15) is 5.82 Å². The lowest BCUT2D eigenvalue weighted by atomic mass is 9.84. The quantitative estimate of drug-likeness (QED) is 0.347. The maximum absolute atomic E-state index is 15.0. The lowest BCUT2D eigenvalue weighted by Gasteiger charge is -2.36. The fourth-order valence-corrected chi connectivity index (χ4v) is 5.83. The van der Waals surface area contributed by atoms with Gasteiger partial charge in [0.05, 0.1) is 5.02 Å². The number of rotatable bonds is 11. The van der Waals surface area contributed by atoms with E-state index in [-0.39, 0.29) is 28.8 Å². The van der Waals surface area contributed by atoms with E-state index in [4.69, 9.17) is 16.3 Å². The Hall–Kier alpha value is -1.63. The van der Waals surface area contributed by atoms with Gasteiger partial charge in [0.2, 0.25) is 0 Å². The van der Waals surface area contributed by atoms with Crippen molar-refractivity contribution in [3.63, 3.8) is 0 Å². The first-order chi connectivity index (χ1) is 17.0. The van der Waals surface area contributed by atoms with Gasteiger partial charge in [-0.15, -0.1) is 0 Å². The minimum absolute atomic E-state index is 0.00365. The summed E-state index contributed by atoms with van der Waals surface area (Å²) in [5, 5.41) is 6.69. The van der Waals surface area contributed by atoms with Crippen molar-refractivity contribution in [1.82, 2.24) is 15.5 Å². The molecule has 35 heavy (non-hydrogen) atoms. The van der Waals surface area contributed by atoms with Gasteiger partial charge in [-0.05, 0) is 56.7 Å². The molecule has 1 aromatic carbocycles. The maximum Gasteiger partial charge on any atom is 0.317 e. The van der Waals surface area contributed by atoms with Crippen molar-refractivity contribution in [2.24, 2.45) is 11.8 Å². The van der Waals surface area contributed by atoms with Crippen LogP contribution in [0, 0.1) is 17.7 Å². The zero-order chi connectivity index (χ0) is 25.0. The van der Waals surface area contributed by atoms with Gasteiger partial charge in [-0.3, -0.25) is 0 Å². The fourth-order valence-electron chi connectivity index (χ4n) is 5.65. The minimum atomic E-state index is -0.379. The van der Waals surface area contributed by atoms with Crippen LogP contribution in [0.2, 0.25) is 5.02 Å². The zero-order valence-corrected chi connectivity index (χ0v) is 22.2. The predicted molar refractivity (Wildman–Crippen MR) is 142 cm³/mol. The molecule has 1 aromatic rings. The van der Waals surface area contributed by atoms with E-state index in [1.807, 2.05) is 11.9 Å². The molecule has 1 aliphatic carbocycles. The standard InChI is InChI=1S/C28H43ClFN3O2/c1-31-19-23(18-21-10-4-3-5-11-21)32-28(34)33-16-9-12-22(20-33)24(13-6-7-17-35-2)25-14-8-15-26(29)27(25)30/h8,13-15,21-23,31H,3-7,9-12,16-20H2,1-2H3,(H,32,34). The van der Waals surface area contributed by atoms with Crippen molar-refractivity contribution in [3.05, 3.63) is 40.7 Å². The molecule has 196 valence electrons. The van der Waals surface area contributed by atoms with Gasteiger partial charge in [0.15, 0.2) is 0 Å². The van der Waals surface area contributed by atoms with Crippen LogP contribution in [-0.2, 0) is 4.74 Å². The number of carbonyl (C=O) groups excluding carboxylic acids is 1. The van der Waals surface area contributed by atoms with Crippen molar-refractivity contribution < 1.29 is 13.9 Å². The number of urea groups is 1. The van der Waals surface area contributed by atoms with Gasteiger partial charge in [-0.25, -0.2) is 9.18 Å². The van der Waals surface area contributed by atoms with Crippen LogP contribution in [-0.4, -0.2) is 57.4 Å². The van der Waals surface area contributed by atoms with Gasteiger partial charge in [-0.2, -0.15) is 0 Å². The molecule has 0 radical (unpaired) electrons. The number of allylic oxidation sites excluding steroid dienone is 1. The van der Waals surface area contributed by atoms with Crippen LogP contribution >= 0.6 is 11.6 Å². The summed E-state index contributed by atoms with van der Waals surface area (Å²) < 4.78 is 20.2. The number of hydrogen-bond donors (Lipinski definition) is 2. The van der Waals surface area contributed by atoms with Crippen molar-refractivity contribution in [1.29, 1.82) is 0 Å². The summed E-state index contributed by atoms with van der Waals surface area (Å²) in [6, 6.07) is 5.30. The Labute approximate surface area is 215 Å². The average molecular weight is 508 g/mol. The summed E-state index contributed by atoms with van der Waals surface area (Å²) in [4.78, 5) is 15.2. The Balaban J connectivity index is 1.69. The molecule has 2 amide bonds. The third kappa shape index (κ3) is 8.47. The molecule has 2 fully saturated rings. The first-order valence-corrected chi connectivity index (χ1v) is 13.7. The average Bonchev–Trinajstić information content (AvgIpc) is 2.87. The second-order valence-electron chi connectivity index (χ2n) is 10.1. The summed E-state index contributed by atoms with van der Waals surface area (Å²) in [5.74, 6) is 0.394. The lowest BCUT2D eigenvalue weighted by Crippen LogP contribution is -2.51. The minimum Gasteiger partial charge on any atom is -0.385 e. The number of halogens is 2. The van der Waals surface area contributed by atoms with Gasteiger partial charge in [-0.1, -0.05) is 61.9 Å². The number of likely N-dealkylation sites (N-methyl/N-ethyl adjacent to an activating group) is 1. The third-order valence-corrected chi connectivity index (χ3v) is 7.74. The van der Waals surface area contributed by atoms with Crippen LogP contribution in [0.5, 0.6) is 0 Å². The Morgan fingerprint density at radius 1 is 1.26 bits per heavy atom. The number of nitrogens with zero attached hydrogens (tertiary/aromatic N) is 1. The number of amides is 2. The monoisotopic (exact) mass is 507 g/mol. The molecule has 2 aliphatic rings. The molecule has 7 heteroatoms. The Morgan fingerprint density at radius 2 is 2.06 bits per heavy atom. The smallest absolute Gasteiger partial charge is 0.317 e. The van der Waals surface area contributed by atoms with Crippen LogP contribution < -0.4 is 10.6 Å². The van der Waals surface area contributed by atoms with Crippen molar-refractivity contribution in [2.75, 3.05) is 40.4 Å². The highest BCUT2D eigenvalue weighted by Crippen LogP contribution is 2.35. The van der Waals surface area contributed by atoms with Gasteiger partial charge >= 0.3 is 6.03 Å². The molecule has 0 spiro atoms. The Bertz CT molecular complexity index is 828. The molecule has 1 saturated carbocycles. The molecule has 2 N–H and O–H groups in total. The van der Waals surface area contributed by atoms with Crippen LogP contribution in [0.4, 0.5) is 9.18 Å².